The van der Waals surface area contributed by atoms with E-state index in [1.165, 1.54) is 35.5 Å². The Balaban J connectivity index is 1.40. The maximum atomic E-state index is 13.0. The zero-order chi connectivity index (χ0) is 21.1. The highest BCUT2D eigenvalue weighted by atomic mass is 19.1. The summed E-state index contributed by atoms with van der Waals surface area (Å²) in [7, 11) is 0. The highest BCUT2D eigenvalue weighted by Gasteiger charge is 2.30. The maximum absolute atomic E-state index is 13.0. The van der Waals surface area contributed by atoms with Gasteiger partial charge in [0.05, 0.1) is 6.42 Å². The van der Waals surface area contributed by atoms with E-state index < -0.39 is 6.04 Å². The lowest BCUT2D eigenvalue weighted by molar-refractivity contribution is -0.125. The number of carbonyl (C=O) groups excluding carboxylic acids is 2. The Labute approximate surface area is 174 Å². The Kier molecular flexibility index (Phi) is 5.65. The number of rotatable bonds is 3. The molecule has 1 fully saturated rings. The minimum atomic E-state index is -0.811. The zero-order valence-electron chi connectivity index (χ0n) is 16.8. The number of hydrogen-bond acceptors (Lipinski definition) is 5. The fraction of sp³-hybridized carbons (Fsp3) is 0.318. The molecule has 0 spiro atoms. The molecular weight excluding hydrogens is 385 g/mol. The summed E-state index contributed by atoms with van der Waals surface area (Å²) in [6.07, 6.45) is -0.0140. The number of benzene rings is 2. The molecule has 156 valence electrons. The van der Waals surface area contributed by atoms with Gasteiger partial charge in [0.15, 0.2) is 0 Å². The number of piperazine rings is 1. The van der Waals surface area contributed by atoms with Crippen molar-refractivity contribution in [3.8, 4) is 0 Å². The maximum Gasteiger partial charge on any atom is 0.249 e. The minimum absolute atomic E-state index is 0.0140. The number of anilines is 2. The molecule has 4 rings (SSSR count). The molecule has 7 nitrogen and oxygen atoms in total. The zero-order valence-corrected chi connectivity index (χ0v) is 16.8. The van der Waals surface area contributed by atoms with E-state index in [0.717, 1.165) is 13.1 Å². The van der Waals surface area contributed by atoms with Crippen LogP contribution < -0.4 is 15.5 Å². The first-order valence-electron chi connectivity index (χ1n) is 9.98. The second kappa shape index (κ2) is 8.52. The normalized spacial score (nSPS) is 19.2. The van der Waals surface area contributed by atoms with Crippen LogP contribution in [0.4, 0.5) is 15.8 Å². The Bertz CT molecular complexity index is 950. The second-order valence-electron chi connectivity index (χ2n) is 7.53. The SMILES string of the molecule is Cc1ccc(N2CCN(C3=NC(C(=O)Nc4ccc(F)cc4)CC(=O)N3)CC2)cc1. The monoisotopic (exact) mass is 409 g/mol. The number of guanidine groups is 1. The third-order valence-electron chi connectivity index (χ3n) is 5.30. The summed E-state index contributed by atoms with van der Waals surface area (Å²) in [5, 5.41) is 5.49. The summed E-state index contributed by atoms with van der Waals surface area (Å²) in [6.45, 7) is 5.04. The topological polar surface area (TPSA) is 77.0 Å². The Morgan fingerprint density at radius 2 is 1.67 bits per heavy atom. The highest BCUT2D eigenvalue weighted by molar-refractivity contribution is 6.06. The van der Waals surface area contributed by atoms with Gasteiger partial charge in [-0.2, -0.15) is 0 Å². The van der Waals surface area contributed by atoms with Crippen LogP contribution in [0.5, 0.6) is 0 Å². The number of aryl methyl sites for hydroxylation is 1. The summed E-state index contributed by atoms with van der Waals surface area (Å²) >= 11 is 0. The van der Waals surface area contributed by atoms with Gasteiger partial charge in [-0.05, 0) is 43.3 Å². The molecule has 0 aliphatic carbocycles. The van der Waals surface area contributed by atoms with Crippen molar-refractivity contribution in [1.82, 2.24) is 10.2 Å². The quantitative estimate of drug-likeness (QED) is 0.814. The standard InChI is InChI=1S/C22H24FN5O2/c1-15-2-8-18(9-3-15)27-10-12-28(13-11-27)22-25-19(14-20(29)26-22)21(30)24-17-6-4-16(23)5-7-17/h2-9,19H,10-14H2,1H3,(H,24,30)(H,25,26,29). The molecule has 1 unspecified atom stereocenters. The predicted molar refractivity (Wildman–Crippen MR) is 114 cm³/mol. The van der Waals surface area contributed by atoms with E-state index in [0.29, 0.717) is 24.7 Å². The Morgan fingerprint density at radius 1 is 1.03 bits per heavy atom. The first-order chi connectivity index (χ1) is 14.5. The van der Waals surface area contributed by atoms with Crippen molar-refractivity contribution in [2.75, 3.05) is 36.4 Å². The number of amides is 2. The average Bonchev–Trinajstić information content (AvgIpc) is 2.75. The average molecular weight is 409 g/mol. The lowest BCUT2D eigenvalue weighted by atomic mass is 10.1. The second-order valence-corrected chi connectivity index (χ2v) is 7.53. The molecule has 8 heteroatoms. The smallest absolute Gasteiger partial charge is 0.249 e. The van der Waals surface area contributed by atoms with Crippen LogP contribution in [-0.4, -0.2) is 54.9 Å². The molecule has 1 atom stereocenters. The van der Waals surface area contributed by atoms with Gasteiger partial charge >= 0.3 is 0 Å². The van der Waals surface area contributed by atoms with Crippen LogP contribution in [0.3, 0.4) is 0 Å². The largest absolute Gasteiger partial charge is 0.368 e. The fourth-order valence-corrected chi connectivity index (χ4v) is 3.58. The Hall–Kier alpha value is -3.42. The fourth-order valence-electron chi connectivity index (χ4n) is 3.58. The molecule has 2 aliphatic heterocycles. The molecule has 0 bridgehead atoms. The third-order valence-corrected chi connectivity index (χ3v) is 5.30. The van der Waals surface area contributed by atoms with Gasteiger partial charge in [0.2, 0.25) is 17.8 Å². The highest BCUT2D eigenvalue weighted by Crippen LogP contribution is 2.18. The lowest BCUT2D eigenvalue weighted by Crippen LogP contribution is -2.56. The Morgan fingerprint density at radius 3 is 2.33 bits per heavy atom. The number of aliphatic imine (C=N–C) groups is 1. The van der Waals surface area contributed by atoms with Gasteiger partial charge in [-0.3, -0.25) is 14.9 Å². The van der Waals surface area contributed by atoms with Crippen LogP contribution in [0.25, 0.3) is 0 Å². The number of nitrogens with zero attached hydrogens (tertiary/aromatic N) is 3. The number of halogens is 1. The van der Waals surface area contributed by atoms with Crippen LogP contribution in [0, 0.1) is 12.7 Å². The van der Waals surface area contributed by atoms with Crippen LogP contribution in [0.2, 0.25) is 0 Å². The van der Waals surface area contributed by atoms with Crippen molar-refractivity contribution in [2.24, 2.45) is 4.99 Å². The van der Waals surface area contributed by atoms with Gasteiger partial charge in [0.25, 0.3) is 0 Å². The molecule has 0 radical (unpaired) electrons. The van der Waals surface area contributed by atoms with Gasteiger partial charge < -0.3 is 15.1 Å². The molecule has 2 N–H and O–H groups in total. The van der Waals surface area contributed by atoms with E-state index in [-0.39, 0.29) is 24.1 Å². The van der Waals surface area contributed by atoms with Crippen molar-refractivity contribution in [2.45, 2.75) is 19.4 Å². The van der Waals surface area contributed by atoms with Gasteiger partial charge in [-0.25, -0.2) is 9.38 Å². The first-order valence-corrected chi connectivity index (χ1v) is 9.98. The van der Waals surface area contributed by atoms with Crippen molar-refractivity contribution in [3.05, 3.63) is 59.9 Å². The van der Waals surface area contributed by atoms with E-state index in [1.54, 1.807) is 0 Å². The van der Waals surface area contributed by atoms with Gasteiger partial charge in [0, 0.05) is 37.6 Å². The lowest BCUT2D eigenvalue weighted by Gasteiger charge is -2.38. The molecule has 2 heterocycles. The van der Waals surface area contributed by atoms with Gasteiger partial charge in [-0.1, -0.05) is 17.7 Å². The summed E-state index contributed by atoms with van der Waals surface area (Å²) in [6, 6.07) is 13.1. The number of carbonyl (C=O) groups is 2. The third kappa shape index (κ3) is 4.59. The van der Waals surface area contributed by atoms with Crippen LogP contribution in [-0.2, 0) is 9.59 Å². The van der Waals surface area contributed by atoms with Crippen molar-refractivity contribution in [1.29, 1.82) is 0 Å². The summed E-state index contributed by atoms with van der Waals surface area (Å²) < 4.78 is 13.0. The first kappa shape index (κ1) is 19.9. The molecule has 0 aromatic heterocycles. The number of nitrogens with one attached hydrogen (secondary N) is 2. The van der Waals surface area contributed by atoms with Crippen molar-refractivity contribution >= 4 is 29.1 Å². The van der Waals surface area contributed by atoms with Crippen molar-refractivity contribution < 1.29 is 14.0 Å². The van der Waals surface area contributed by atoms with Crippen molar-refractivity contribution in [3.63, 3.8) is 0 Å². The van der Waals surface area contributed by atoms with Gasteiger partial charge in [-0.15, -0.1) is 0 Å². The summed E-state index contributed by atoms with van der Waals surface area (Å²) in [5.74, 6) is -0.559. The molecule has 2 aliphatic rings. The molecule has 30 heavy (non-hydrogen) atoms. The number of hydrogen-bond donors (Lipinski definition) is 2. The molecule has 2 amide bonds. The molecule has 2 aromatic carbocycles. The summed E-state index contributed by atoms with van der Waals surface area (Å²) in [4.78, 5) is 33.5. The van der Waals surface area contributed by atoms with E-state index in [2.05, 4.69) is 51.7 Å². The summed E-state index contributed by atoms with van der Waals surface area (Å²) in [5.41, 5.74) is 2.86. The van der Waals surface area contributed by atoms with E-state index in [1.807, 2.05) is 4.90 Å². The minimum Gasteiger partial charge on any atom is -0.368 e. The van der Waals surface area contributed by atoms with Crippen LogP contribution in [0.15, 0.2) is 53.5 Å². The van der Waals surface area contributed by atoms with E-state index in [4.69, 9.17) is 0 Å². The van der Waals surface area contributed by atoms with E-state index >= 15 is 0 Å². The molecule has 2 aromatic rings. The van der Waals surface area contributed by atoms with E-state index in [9.17, 15) is 14.0 Å². The van der Waals surface area contributed by atoms with Crippen LogP contribution in [0.1, 0.15) is 12.0 Å². The molecule has 1 saturated heterocycles. The molecule has 0 saturated carbocycles. The predicted octanol–water partition coefficient (Wildman–Crippen LogP) is 2.14. The van der Waals surface area contributed by atoms with Crippen LogP contribution >= 0.6 is 0 Å². The molecular formula is C22H24FN5O2. The van der Waals surface area contributed by atoms with Gasteiger partial charge in [0.1, 0.15) is 11.9 Å².